The predicted molar refractivity (Wildman–Crippen MR) is 91.9 cm³/mol. The minimum absolute atomic E-state index is 0.00793. The molecule has 0 radical (unpaired) electrons. The first-order valence-corrected chi connectivity index (χ1v) is 8.22. The third kappa shape index (κ3) is 2.60. The fourth-order valence-electron chi connectivity index (χ4n) is 2.78. The Labute approximate surface area is 146 Å². The van der Waals surface area contributed by atoms with Crippen molar-refractivity contribution in [3.8, 4) is 11.5 Å². The van der Waals surface area contributed by atoms with Crippen molar-refractivity contribution < 1.29 is 19.1 Å². The van der Waals surface area contributed by atoms with Gasteiger partial charge in [-0.1, -0.05) is 15.9 Å². The molecule has 2 aliphatic rings. The summed E-state index contributed by atoms with van der Waals surface area (Å²) in [5.41, 5.74) is 1.73. The molecule has 0 aromatic heterocycles. The molecule has 2 aromatic rings. The number of anilines is 2. The van der Waals surface area contributed by atoms with Gasteiger partial charge in [0.05, 0.1) is 17.9 Å². The molecule has 0 unspecified atom stereocenters. The summed E-state index contributed by atoms with van der Waals surface area (Å²) in [6, 6.07) is 10.6. The summed E-state index contributed by atoms with van der Waals surface area (Å²) in [4.78, 5) is 26.1. The summed E-state index contributed by atoms with van der Waals surface area (Å²) in [5.74, 6) is 0.856. The number of ether oxygens (including phenoxy) is 2. The van der Waals surface area contributed by atoms with Gasteiger partial charge >= 0.3 is 0 Å². The number of hydrogen-bond acceptors (Lipinski definition) is 4. The highest BCUT2D eigenvalue weighted by molar-refractivity contribution is 9.10. The van der Waals surface area contributed by atoms with Crippen molar-refractivity contribution in [2.75, 3.05) is 30.0 Å². The zero-order valence-corrected chi connectivity index (χ0v) is 14.1. The first-order valence-electron chi connectivity index (χ1n) is 7.43. The van der Waals surface area contributed by atoms with E-state index >= 15 is 0 Å². The molecule has 6 nitrogen and oxygen atoms in total. The summed E-state index contributed by atoms with van der Waals surface area (Å²) in [5, 5.41) is 2.72. The second kappa shape index (κ2) is 5.83. The third-order valence-electron chi connectivity index (χ3n) is 3.89. The van der Waals surface area contributed by atoms with Crippen molar-refractivity contribution in [3.05, 3.63) is 46.4 Å². The molecule has 1 N–H and O–H groups in total. The zero-order valence-electron chi connectivity index (χ0n) is 12.5. The van der Waals surface area contributed by atoms with Crippen LogP contribution in [0.1, 0.15) is 10.4 Å². The largest absolute Gasteiger partial charge is 0.489 e. The third-order valence-corrected chi connectivity index (χ3v) is 4.38. The van der Waals surface area contributed by atoms with Crippen molar-refractivity contribution in [2.45, 2.75) is 0 Å². The molecular weight excluding hydrogens is 376 g/mol. The zero-order chi connectivity index (χ0) is 16.7. The number of rotatable bonds is 1. The molecule has 2 aliphatic heterocycles. The van der Waals surface area contributed by atoms with Crippen LogP contribution in [-0.2, 0) is 4.79 Å². The Morgan fingerprint density at radius 2 is 2.00 bits per heavy atom. The van der Waals surface area contributed by atoms with E-state index in [4.69, 9.17) is 9.47 Å². The second-order valence-electron chi connectivity index (χ2n) is 5.47. The summed E-state index contributed by atoms with van der Waals surface area (Å²) in [6.45, 7) is 0.888. The van der Waals surface area contributed by atoms with E-state index in [1.54, 1.807) is 23.1 Å². The van der Waals surface area contributed by atoms with Crippen LogP contribution in [0.4, 0.5) is 11.4 Å². The lowest BCUT2D eigenvalue weighted by Crippen LogP contribution is -2.38. The molecule has 0 saturated heterocycles. The van der Waals surface area contributed by atoms with E-state index in [-0.39, 0.29) is 18.4 Å². The predicted octanol–water partition coefficient (Wildman–Crippen LogP) is 2.82. The van der Waals surface area contributed by atoms with E-state index in [2.05, 4.69) is 21.2 Å². The number of carbonyl (C=O) groups is 2. The number of nitrogens with zero attached hydrogens (tertiary/aromatic N) is 1. The Bertz CT molecular complexity index is 852. The molecular formula is C17H13BrN2O4. The van der Waals surface area contributed by atoms with Gasteiger partial charge in [0, 0.05) is 10.0 Å². The summed E-state index contributed by atoms with van der Waals surface area (Å²) >= 11 is 3.40. The Hall–Kier alpha value is -2.54. The number of amides is 2. The van der Waals surface area contributed by atoms with E-state index in [9.17, 15) is 9.59 Å². The van der Waals surface area contributed by atoms with Crippen LogP contribution in [-0.4, -0.2) is 31.6 Å². The van der Waals surface area contributed by atoms with E-state index in [0.717, 1.165) is 10.2 Å². The first kappa shape index (κ1) is 15.0. The average Bonchev–Trinajstić information content (AvgIpc) is 2.59. The summed E-state index contributed by atoms with van der Waals surface area (Å²) < 4.78 is 11.8. The van der Waals surface area contributed by atoms with Gasteiger partial charge in [-0.25, -0.2) is 0 Å². The maximum atomic E-state index is 12.9. The molecule has 4 rings (SSSR count). The lowest BCUT2D eigenvalue weighted by Gasteiger charge is -2.30. The molecule has 2 aromatic carbocycles. The van der Waals surface area contributed by atoms with Crippen LogP contribution in [0.5, 0.6) is 11.5 Å². The van der Waals surface area contributed by atoms with Gasteiger partial charge in [-0.2, -0.15) is 0 Å². The topological polar surface area (TPSA) is 67.9 Å². The van der Waals surface area contributed by atoms with Gasteiger partial charge in [0.15, 0.2) is 6.61 Å². The average molecular weight is 389 g/mol. The number of fused-ring (bicyclic) bond motifs is 2. The highest BCUT2D eigenvalue weighted by atomic mass is 79.9. The quantitative estimate of drug-likeness (QED) is 0.815. The smallest absolute Gasteiger partial charge is 0.262 e. The Kier molecular flexibility index (Phi) is 3.65. The van der Waals surface area contributed by atoms with Gasteiger partial charge in [-0.3, -0.25) is 9.59 Å². The van der Waals surface area contributed by atoms with Gasteiger partial charge in [-0.15, -0.1) is 0 Å². The molecule has 122 valence electrons. The standard InChI is InChI=1S/C17H13BrN2O4/c18-11-2-3-13-15(8-11)23-6-5-20(13)17(22)10-1-4-14-12(7-10)19-16(21)9-24-14/h1-4,7-8H,5-6,9H2,(H,19,21). The Morgan fingerprint density at radius 3 is 2.88 bits per heavy atom. The van der Waals surface area contributed by atoms with Crippen molar-refractivity contribution >= 4 is 39.1 Å². The van der Waals surface area contributed by atoms with Gasteiger partial charge in [-0.05, 0) is 36.4 Å². The molecule has 2 heterocycles. The Balaban J connectivity index is 1.68. The van der Waals surface area contributed by atoms with Crippen molar-refractivity contribution in [3.63, 3.8) is 0 Å². The fraction of sp³-hybridized carbons (Fsp3) is 0.176. The molecule has 0 fully saturated rings. The monoisotopic (exact) mass is 388 g/mol. The molecule has 0 atom stereocenters. The van der Waals surface area contributed by atoms with Gasteiger partial charge in [0.1, 0.15) is 18.1 Å². The minimum atomic E-state index is -0.228. The van der Waals surface area contributed by atoms with Crippen molar-refractivity contribution in [2.24, 2.45) is 0 Å². The van der Waals surface area contributed by atoms with E-state index in [0.29, 0.717) is 35.9 Å². The number of halogens is 1. The van der Waals surface area contributed by atoms with Crippen LogP contribution < -0.4 is 19.7 Å². The van der Waals surface area contributed by atoms with Crippen LogP contribution in [0.3, 0.4) is 0 Å². The normalized spacial score (nSPS) is 15.5. The number of hydrogen-bond donors (Lipinski definition) is 1. The molecule has 2 amide bonds. The lowest BCUT2D eigenvalue weighted by molar-refractivity contribution is -0.118. The Morgan fingerprint density at radius 1 is 1.12 bits per heavy atom. The van der Waals surface area contributed by atoms with Gasteiger partial charge in [0.2, 0.25) is 0 Å². The number of nitrogens with one attached hydrogen (secondary N) is 1. The highest BCUT2D eigenvalue weighted by Gasteiger charge is 2.26. The summed E-state index contributed by atoms with van der Waals surface area (Å²) in [6.07, 6.45) is 0. The first-order chi connectivity index (χ1) is 11.6. The van der Waals surface area contributed by atoms with E-state index in [1.165, 1.54) is 0 Å². The van der Waals surface area contributed by atoms with Crippen LogP contribution in [0.15, 0.2) is 40.9 Å². The fourth-order valence-corrected chi connectivity index (χ4v) is 3.12. The SMILES string of the molecule is O=C1COc2ccc(C(=O)N3CCOc4cc(Br)ccc43)cc2N1. The lowest BCUT2D eigenvalue weighted by atomic mass is 10.1. The maximum absolute atomic E-state index is 12.9. The highest BCUT2D eigenvalue weighted by Crippen LogP contribution is 2.36. The van der Waals surface area contributed by atoms with Crippen LogP contribution in [0.25, 0.3) is 0 Å². The van der Waals surface area contributed by atoms with Gasteiger partial charge in [0.25, 0.3) is 11.8 Å². The van der Waals surface area contributed by atoms with Crippen LogP contribution in [0, 0.1) is 0 Å². The molecule has 0 aliphatic carbocycles. The van der Waals surface area contributed by atoms with E-state index in [1.807, 2.05) is 18.2 Å². The number of carbonyl (C=O) groups excluding carboxylic acids is 2. The minimum Gasteiger partial charge on any atom is -0.489 e. The molecule has 0 bridgehead atoms. The number of benzene rings is 2. The molecule has 0 saturated carbocycles. The second-order valence-corrected chi connectivity index (χ2v) is 6.38. The van der Waals surface area contributed by atoms with Crippen molar-refractivity contribution in [1.82, 2.24) is 0 Å². The maximum Gasteiger partial charge on any atom is 0.262 e. The molecule has 0 spiro atoms. The van der Waals surface area contributed by atoms with Gasteiger partial charge < -0.3 is 19.7 Å². The van der Waals surface area contributed by atoms with Crippen LogP contribution in [0.2, 0.25) is 0 Å². The molecule has 7 heteroatoms. The molecule has 24 heavy (non-hydrogen) atoms. The summed E-state index contributed by atoms with van der Waals surface area (Å²) in [7, 11) is 0. The van der Waals surface area contributed by atoms with E-state index < -0.39 is 0 Å². The van der Waals surface area contributed by atoms with Crippen molar-refractivity contribution in [1.29, 1.82) is 0 Å². The van der Waals surface area contributed by atoms with Crippen LogP contribution >= 0.6 is 15.9 Å².